The lowest BCUT2D eigenvalue weighted by Gasteiger charge is -2.09. The minimum absolute atomic E-state index is 0.0370. The third-order valence-corrected chi connectivity index (χ3v) is 1.21. The Morgan fingerprint density at radius 2 is 1.28 bits per heavy atom. The second kappa shape index (κ2) is 17.7. The Labute approximate surface area is 109 Å². The summed E-state index contributed by atoms with van der Waals surface area (Å²) >= 11 is 0. The van der Waals surface area contributed by atoms with Gasteiger partial charge in [-0.05, 0) is 32.9 Å². The highest BCUT2D eigenvalue weighted by Gasteiger charge is 1.94. The number of carbonyl (C=O) groups excluding carboxylic acids is 2. The van der Waals surface area contributed by atoms with E-state index in [0.717, 1.165) is 25.4 Å². The molecule has 0 heterocycles. The van der Waals surface area contributed by atoms with Crippen LogP contribution in [-0.4, -0.2) is 31.3 Å². The topological polar surface area (TPSA) is 105 Å². The molecular weight excluding hydrogens is 236 g/mol. The molecule has 18 heavy (non-hydrogen) atoms. The molecular formula is C12H24N2O4. The summed E-state index contributed by atoms with van der Waals surface area (Å²) in [5.41, 5.74) is 9.07. The SMILES string of the molecule is C=CC(N)=O.C=CC(N)=O.CCOC(C)OCC. The van der Waals surface area contributed by atoms with Crippen LogP contribution in [0.25, 0.3) is 0 Å². The van der Waals surface area contributed by atoms with Gasteiger partial charge in [-0.1, -0.05) is 13.2 Å². The monoisotopic (exact) mass is 260 g/mol. The molecule has 0 fully saturated rings. The first-order valence-electron chi connectivity index (χ1n) is 5.42. The van der Waals surface area contributed by atoms with Crippen LogP contribution < -0.4 is 11.5 Å². The summed E-state index contributed by atoms with van der Waals surface area (Å²) in [4.78, 5) is 18.9. The third kappa shape index (κ3) is 36.7. The Balaban J connectivity index is -0.000000197. The lowest BCUT2D eigenvalue weighted by atomic mass is 10.6. The molecule has 106 valence electrons. The van der Waals surface area contributed by atoms with Crippen molar-refractivity contribution in [3.63, 3.8) is 0 Å². The van der Waals surface area contributed by atoms with Crippen LogP contribution in [0.2, 0.25) is 0 Å². The smallest absolute Gasteiger partial charge is 0.240 e. The van der Waals surface area contributed by atoms with Gasteiger partial charge in [0.05, 0.1) is 0 Å². The molecule has 6 nitrogen and oxygen atoms in total. The largest absolute Gasteiger partial charge is 0.366 e. The molecule has 0 radical (unpaired) electrons. The highest BCUT2D eigenvalue weighted by atomic mass is 16.7. The number of hydrogen-bond acceptors (Lipinski definition) is 4. The van der Waals surface area contributed by atoms with Gasteiger partial charge in [0.1, 0.15) is 0 Å². The molecule has 0 saturated heterocycles. The summed E-state index contributed by atoms with van der Waals surface area (Å²) < 4.78 is 10.1. The summed E-state index contributed by atoms with van der Waals surface area (Å²) in [5.74, 6) is -0.963. The molecule has 4 N–H and O–H groups in total. The van der Waals surface area contributed by atoms with Crippen LogP contribution in [0.1, 0.15) is 20.8 Å². The van der Waals surface area contributed by atoms with Crippen molar-refractivity contribution in [3.05, 3.63) is 25.3 Å². The van der Waals surface area contributed by atoms with Gasteiger partial charge in [-0.3, -0.25) is 9.59 Å². The zero-order chi connectivity index (χ0) is 15.0. The van der Waals surface area contributed by atoms with E-state index in [2.05, 4.69) is 24.6 Å². The Bertz CT molecular complexity index is 218. The number of hydrogen-bond donors (Lipinski definition) is 2. The van der Waals surface area contributed by atoms with Crippen LogP contribution in [0, 0.1) is 0 Å². The molecule has 2 amide bonds. The first kappa shape index (κ1) is 21.6. The fourth-order valence-electron chi connectivity index (χ4n) is 0.518. The number of primary amides is 2. The lowest BCUT2D eigenvalue weighted by Crippen LogP contribution is -2.11. The average Bonchev–Trinajstić information content (AvgIpc) is 2.31. The third-order valence-electron chi connectivity index (χ3n) is 1.21. The van der Waals surface area contributed by atoms with Crippen molar-refractivity contribution in [2.24, 2.45) is 11.5 Å². The average molecular weight is 260 g/mol. The summed E-state index contributed by atoms with van der Waals surface area (Å²) in [6.45, 7) is 13.4. The summed E-state index contributed by atoms with van der Waals surface area (Å²) in [7, 11) is 0. The molecule has 0 aromatic carbocycles. The minimum atomic E-state index is -0.481. The number of rotatable bonds is 6. The van der Waals surface area contributed by atoms with Gasteiger partial charge >= 0.3 is 0 Å². The van der Waals surface area contributed by atoms with Crippen molar-refractivity contribution >= 4 is 11.8 Å². The van der Waals surface area contributed by atoms with Crippen LogP contribution in [-0.2, 0) is 19.1 Å². The Hall–Kier alpha value is -1.66. The van der Waals surface area contributed by atoms with E-state index >= 15 is 0 Å². The Morgan fingerprint density at radius 3 is 1.39 bits per heavy atom. The van der Waals surface area contributed by atoms with Gasteiger partial charge in [0.15, 0.2) is 6.29 Å². The van der Waals surface area contributed by atoms with E-state index in [1.54, 1.807) is 0 Å². The van der Waals surface area contributed by atoms with E-state index < -0.39 is 11.8 Å². The maximum atomic E-state index is 9.47. The molecule has 0 unspecified atom stereocenters. The molecule has 0 bridgehead atoms. The molecule has 0 aliphatic rings. The molecule has 0 saturated carbocycles. The van der Waals surface area contributed by atoms with E-state index in [1.165, 1.54) is 0 Å². The van der Waals surface area contributed by atoms with Crippen LogP contribution in [0.3, 0.4) is 0 Å². The molecule has 0 aromatic heterocycles. The van der Waals surface area contributed by atoms with E-state index in [4.69, 9.17) is 9.47 Å². The normalized spacial score (nSPS) is 8.22. The first-order valence-corrected chi connectivity index (χ1v) is 5.42. The highest BCUT2D eigenvalue weighted by Crippen LogP contribution is 1.90. The number of ether oxygens (including phenoxy) is 2. The fraction of sp³-hybridized carbons (Fsp3) is 0.500. The lowest BCUT2D eigenvalue weighted by molar-refractivity contribution is -0.123. The predicted octanol–water partition coefficient (Wildman–Crippen LogP) is 0.721. The summed E-state index contributed by atoms with van der Waals surface area (Å²) in [5, 5.41) is 0. The number of carbonyl (C=O) groups is 2. The van der Waals surface area contributed by atoms with Crippen LogP contribution >= 0.6 is 0 Å². The maximum Gasteiger partial charge on any atom is 0.240 e. The molecule has 0 aliphatic heterocycles. The molecule has 6 heteroatoms. The van der Waals surface area contributed by atoms with Crippen molar-refractivity contribution in [2.75, 3.05) is 13.2 Å². The van der Waals surface area contributed by atoms with Gasteiger partial charge in [-0.2, -0.15) is 0 Å². The minimum Gasteiger partial charge on any atom is -0.366 e. The van der Waals surface area contributed by atoms with E-state index in [9.17, 15) is 9.59 Å². The highest BCUT2D eigenvalue weighted by molar-refractivity contribution is 5.85. The molecule has 0 spiro atoms. The molecule has 0 aromatic rings. The standard InChI is InChI=1S/C6H14O2.2C3H5NO/c1-4-7-6(3)8-5-2;2*1-2-3(4)5/h6H,4-5H2,1-3H3;2*2H,1H2,(H2,4,5). The fourth-order valence-corrected chi connectivity index (χ4v) is 0.518. The zero-order valence-electron chi connectivity index (χ0n) is 11.3. The van der Waals surface area contributed by atoms with Crippen LogP contribution in [0.5, 0.6) is 0 Å². The van der Waals surface area contributed by atoms with Crippen molar-refractivity contribution in [1.82, 2.24) is 0 Å². The molecule has 0 atom stereocenters. The van der Waals surface area contributed by atoms with E-state index in [-0.39, 0.29) is 6.29 Å². The summed E-state index contributed by atoms with van der Waals surface area (Å²) in [6.07, 6.45) is 2.07. The second-order valence-electron chi connectivity index (χ2n) is 2.69. The van der Waals surface area contributed by atoms with Gasteiger partial charge in [-0.25, -0.2) is 0 Å². The summed E-state index contributed by atoms with van der Waals surface area (Å²) in [6, 6.07) is 0. The Kier molecular flexibility index (Phi) is 21.3. The second-order valence-corrected chi connectivity index (χ2v) is 2.69. The molecule has 0 aliphatic carbocycles. The van der Waals surface area contributed by atoms with Gasteiger partial charge in [0.2, 0.25) is 11.8 Å². The quantitative estimate of drug-likeness (QED) is 0.542. The van der Waals surface area contributed by atoms with E-state index in [1.807, 2.05) is 20.8 Å². The van der Waals surface area contributed by atoms with Crippen molar-refractivity contribution < 1.29 is 19.1 Å². The van der Waals surface area contributed by atoms with Gasteiger partial charge in [0.25, 0.3) is 0 Å². The van der Waals surface area contributed by atoms with Gasteiger partial charge < -0.3 is 20.9 Å². The Morgan fingerprint density at radius 1 is 1.06 bits per heavy atom. The van der Waals surface area contributed by atoms with Crippen LogP contribution in [0.4, 0.5) is 0 Å². The zero-order valence-corrected chi connectivity index (χ0v) is 11.3. The number of nitrogens with two attached hydrogens (primary N) is 2. The van der Waals surface area contributed by atoms with Crippen LogP contribution in [0.15, 0.2) is 25.3 Å². The van der Waals surface area contributed by atoms with Crippen molar-refractivity contribution in [2.45, 2.75) is 27.1 Å². The van der Waals surface area contributed by atoms with Crippen molar-refractivity contribution in [1.29, 1.82) is 0 Å². The van der Waals surface area contributed by atoms with Gasteiger partial charge in [0, 0.05) is 13.2 Å². The first-order chi connectivity index (χ1) is 8.35. The number of amides is 2. The van der Waals surface area contributed by atoms with Gasteiger partial charge in [-0.15, -0.1) is 0 Å². The van der Waals surface area contributed by atoms with E-state index in [0.29, 0.717) is 0 Å². The molecule has 0 rings (SSSR count). The van der Waals surface area contributed by atoms with Crippen molar-refractivity contribution in [3.8, 4) is 0 Å². The predicted molar refractivity (Wildman–Crippen MR) is 71.5 cm³/mol. The maximum absolute atomic E-state index is 9.47.